The number of esters is 2. The topological polar surface area (TPSA) is 127 Å². The summed E-state index contributed by atoms with van der Waals surface area (Å²) in [5.74, 6) is -2.57. The second kappa shape index (κ2) is 30.1. The van der Waals surface area contributed by atoms with Crippen LogP contribution in [0, 0.1) is 0 Å². The van der Waals surface area contributed by atoms with Gasteiger partial charge in [-0.3, -0.25) is 0 Å². The van der Waals surface area contributed by atoms with E-state index in [-0.39, 0.29) is 24.3 Å². The fourth-order valence-electron chi connectivity index (χ4n) is 6.92. The van der Waals surface area contributed by atoms with Crippen LogP contribution in [0.5, 0.6) is 11.5 Å². The molecule has 0 amide bonds. The van der Waals surface area contributed by atoms with Crippen molar-refractivity contribution < 1.29 is 37.7 Å². The molecule has 312 valence electrons. The lowest BCUT2D eigenvalue weighted by Gasteiger charge is -2.12. The molecule has 0 saturated heterocycles. The Morgan fingerprint density at radius 2 is 0.691 bits per heavy atom. The fraction of sp³-hybridized carbons (Fsp3) is 0.696. The average Bonchev–Trinajstić information content (AvgIpc) is 3.17. The molecule has 0 radical (unpaired) electrons. The van der Waals surface area contributed by atoms with Gasteiger partial charge in [0.1, 0.15) is 21.3 Å². The molecular formula is C46H74O8S. The van der Waals surface area contributed by atoms with Crippen LogP contribution in [-0.2, 0) is 19.3 Å². The first-order chi connectivity index (χ1) is 26.7. The van der Waals surface area contributed by atoms with Crippen molar-refractivity contribution in [1.29, 1.82) is 0 Å². The van der Waals surface area contributed by atoms with Crippen molar-refractivity contribution >= 4 is 21.8 Å². The molecule has 0 aliphatic carbocycles. The van der Waals surface area contributed by atoms with E-state index in [0.29, 0.717) is 12.8 Å². The van der Waals surface area contributed by atoms with E-state index >= 15 is 0 Å². The summed E-state index contributed by atoms with van der Waals surface area (Å²) < 4.78 is 38.0. The lowest BCUT2D eigenvalue weighted by atomic mass is 10.0. The smallest absolute Gasteiger partial charge is 0.338 e. The molecule has 0 heterocycles. The monoisotopic (exact) mass is 787 g/mol. The third kappa shape index (κ3) is 20.6. The van der Waals surface area contributed by atoms with Crippen LogP contribution in [-0.4, -0.2) is 43.8 Å². The zero-order chi connectivity index (χ0) is 40.0. The van der Waals surface area contributed by atoms with E-state index < -0.39 is 43.1 Å². The first-order valence-corrected chi connectivity index (χ1v) is 23.5. The Balaban J connectivity index is 1.71. The van der Waals surface area contributed by atoms with Crippen molar-refractivity contribution in [3.05, 3.63) is 47.5 Å². The second-order valence-corrected chi connectivity index (χ2v) is 17.2. The van der Waals surface area contributed by atoms with Gasteiger partial charge in [0.25, 0.3) is 0 Å². The van der Waals surface area contributed by atoms with Gasteiger partial charge in [-0.05, 0) is 49.2 Å². The molecule has 2 aromatic rings. The van der Waals surface area contributed by atoms with E-state index in [2.05, 4.69) is 13.8 Å². The molecular weight excluding hydrogens is 713 g/mol. The third-order valence-corrected chi connectivity index (χ3v) is 12.2. The molecule has 2 aromatic carbocycles. The van der Waals surface area contributed by atoms with Gasteiger partial charge in [0.15, 0.2) is 0 Å². The fourth-order valence-corrected chi connectivity index (χ4v) is 8.41. The number of phenolic OH excluding ortho intramolecular Hbond substituents is 2. The summed E-state index contributed by atoms with van der Waals surface area (Å²) in [7, 11) is -4.53. The minimum absolute atomic E-state index is 0.0371. The molecule has 0 aromatic heterocycles. The lowest BCUT2D eigenvalue weighted by molar-refractivity contribution is 0.0488. The summed E-state index contributed by atoms with van der Waals surface area (Å²) in [6, 6.07) is 6.90. The Labute approximate surface area is 334 Å². The predicted octanol–water partition coefficient (Wildman–Crippen LogP) is 13.2. The quantitative estimate of drug-likeness (QED) is 0.0530. The number of hydrogen-bond donors (Lipinski definition) is 2. The highest BCUT2D eigenvalue weighted by Crippen LogP contribution is 2.35. The molecule has 2 N–H and O–H groups in total. The van der Waals surface area contributed by atoms with Crippen LogP contribution >= 0.6 is 0 Å². The van der Waals surface area contributed by atoms with Crippen LogP contribution in [0.2, 0.25) is 0 Å². The number of benzene rings is 2. The molecule has 0 spiro atoms. The number of carbonyl (C=O) groups is 2. The molecule has 55 heavy (non-hydrogen) atoms. The Hall–Kier alpha value is -3.07. The van der Waals surface area contributed by atoms with E-state index in [1.54, 1.807) is 0 Å². The van der Waals surface area contributed by atoms with Crippen LogP contribution in [0.3, 0.4) is 0 Å². The largest absolute Gasteiger partial charge is 0.507 e. The lowest BCUT2D eigenvalue weighted by Crippen LogP contribution is -2.11. The van der Waals surface area contributed by atoms with Crippen LogP contribution in [0.4, 0.5) is 0 Å². The zero-order valence-corrected chi connectivity index (χ0v) is 35.2. The van der Waals surface area contributed by atoms with Gasteiger partial charge in [0.05, 0.1) is 24.3 Å². The molecule has 0 saturated carbocycles. The highest BCUT2D eigenvalue weighted by molar-refractivity contribution is 7.91. The molecule has 9 heteroatoms. The van der Waals surface area contributed by atoms with Gasteiger partial charge in [0.2, 0.25) is 9.84 Å². The van der Waals surface area contributed by atoms with E-state index in [1.807, 2.05) is 0 Å². The highest BCUT2D eigenvalue weighted by atomic mass is 32.2. The Morgan fingerprint density at radius 3 is 0.964 bits per heavy atom. The first kappa shape index (κ1) is 48.1. The average molecular weight is 787 g/mol. The summed E-state index contributed by atoms with van der Waals surface area (Å²) in [6.07, 6.45) is 34.1. The number of ether oxygens (including phenoxy) is 2. The number of unbranched alkanes of at least 4 members (excludes halogenated alkanes) is 26. The Bertz CT molecular complexity index is 1340. The number of rotatable bonds is 34. The van der Waals surface area contributed by atoms with Gasteiger partial charge in [-0.1, -0.05) is 181 Å². The molecule has 0 aliphatic heterocycles. The number of carbonyl (C=O) groups excluding carboxylic acids is 2. The third-order valence-electron chi connectivity index (χ3n) is 10.4. The van der Waals surface area contributed by atoms with Crippen molar-refractivity contribution in [2.24, 2.45) is 0 Å². The van der Waals surface area contributed by atoms with Crippen molar-refractivity contribution in [3.8, 4) is 11.5 Å². The molecule has 0 bridgehead atoms. The van der Waals surface area contributed by atoms with Crippen LogP contribution in [0.15, 0.2) is 46.2 Å². The number of aromatic hydroxyl groups is 2. The Kier molecular flexibility index (Phi) is 26.3. The first-order valence-electron chi connectivity index (χ1n) is 22.0. The van der Waals surface area contributed by atoms with E-state index in [9.17, 15) is 28.2 Å². The predicted molar refractivity (Wildman–Crippen MR) is 223 cm³/mol. The van der Waals surface area contributed by atoms with Crippen molar-refractivity contribution in [2.45, 2.75) is 203 Å². The molecule has 0 aliphatic rings. The minimum atomic E-state index is -4.53. The number of phenols is 2. The maximum absolute atomic E-state index is 13.6. The minimum Gasteiger partial charge on any atom is -0.507 e. The molecule has 0 atom stereocenters. The normalized spacial score (nSPS) is 11.5. The van der Waals surface area contributed by atoms with Gasteiger partial charge >= 0.3 is 11.9 Å². The standard InChI is InChI=1S/C46H74O8S/c1-3-5-7-9-11-13-15-17-19-21-23-25-27-29-35-53-45(49)39-31-33-41(47)43(37-39)55(51,52)44-38-40(32-34-42(44)48)46(50)54-36-30-28-26-24-22-20-18-16-14-12-10-8-6-4-2/h31-34,37-38,47-48H,3-30,35-36H2,1-2H3. The van der Waals surface area contributed by atoms with Gasteiger partial charge in [-0.25, -0.2) is 18.0 Å². The van der Waals surface area contributed by atoms with Gasteiger partial charge < -0.3 is 19.7 Å². The Morgan fingerprint density at radius 1 is 0.436 bits per heavy atom. The summed E-state index contributed by atoms with van der Waals surface area (Å²) in [4.78, 5) is 24.4. The highest BCUT2D eigenvalue weighted by Gasteiger charge is 2.28. The van der Waals surface area contributed by atoms with Crippen molar-refractivity contribution in [2.75, 3.05) is 13.2 Å². The van der Waals surface area contributed by atoms with Crippen molar-refractivity contribution in [3.63, 3.8) is 0 Å². The van der Waals surface area contributed by atoms with E-state index in [1.165, 1.54) is 141 Å². The maximum atomic E-state index is 13.6. The molecule has 0 fully saturated rings. The number of hydrogen-bond acceptors (Lipinski definition) is 8. The summed E-state index contributed by atoms with van der Waals surface area (Å²) in [5, 5.41) is 21.0. The van der Waals surface area contributed by atoms with Crippen LogP contribution < -0.4 is 0 Å². The maximum Gasteiger partial charge on any atom is 0.338 e. The zero-order valence-electron chi connectivity index (χ0n) is 34.4. The summed E-state index contributed by atoms with van der Waals surface area (Å²) in [5.41, 5.74) is -0.0742. The van der Waals surface area contributed by atoms with Crippen molar-refractivity contribution in [1.82, 2.24) is 0 Å². The van der Waals surface area contributed by atoms with Gasteiger partial charge in [-0.15, -0.1) is 0 Å². The van der Waals surface area contributed by atoms with Gasteiger partial charge in [0, 0.05) is 0 Å². The second-order valence-electron chi connectivity index (χ2n) is 15.3. The molecule has 2 rings (SSSR count). The summed E-state index contributed by atoms with van der Waals surface area (Å²) in [6.45, 7) is 4.92. The van der Waals surface area contributed by atoms with Crippen LogP contribution in [0.25, 0.3) is 0 Å². The van der Waals surface area contributed by atoms with Gasteiger partial charge in [-0.2, -0.15) is 0 Å². The van der Waals surface area contributed by atoms with Crippen LogP contribution in [0.1, 0.15) is 214 Å². The molecule has 0 unspecified atom stereocenters. The van der Waals surface area contributed by atoms with E-state index in [4.69, 9.17) is 9.47 Å². The SMILES string of the molecule is CCCCCCCCCCCCCCCCOC(=O)c1ccc(O)c(S(=O)(=O)c2cc(C(=O)OCCCCCCCCCCCCCCCC)ccc2O)c1. The number of sulfone groups is 1. The van der Waals surface area contributed by atoms with E-state index in [0.717, 1.165) is 62.8 Å². The molecule has 8 nitrogen and oxygen atoms in total. The summed E-state index contributed by atoms with van der Waals surface area (Å²) >= 11 is 0.